The maximum atomic E-state index is 11.2. The number of non-ortho nitro benzene ring substituents is 1. The van der Waals surface area contributed by atoms with Crippen LogP contribution in [0.25, 0.3) is 11.0 Å². The van der Waals surface area contributed by atoms with Gasteiger partial charge in [0.1, 0.15) is 5.82 Å². The van der Waals surface area contributed by atoms with Crippen LogP contribution in [0.3, 0.4) is 0 Å². The maximum absolute atomic E-state index is 11.2. The first-order valence-corrected chi connectivity index (χ1v) is 6.39. The Morgan fingerprint density at radius 2 is 2.30 bits per heavy atom. The second-order valence-corrected chi connectivity index (χ2v) is 4.30. The molecule has 1 aromatic heterocycles. The number of benzene rings is 1. The number of hydrogen-bond donors (Lipinski definition) is 1. The summed E-state index contributed by atoms with van der Waals surface area (Å²) in [4.78, 5) is 28.8. The Balaban J connectivity index is 2.01. The van der Waals surface area contributed by atoms with Crippen molar-refractivity contribution in [2.45, 2.75) is 26.2 Å². The molecule has 1 aromatic carbocycles. The largest absolute Gasteiger partial charge is 0.466 e. The van der Waals surface area contributed by atoms with E-state index >= 15 is 0 Å². The molecule has 0 aliphatic rings. The number of rotatable bonds is 6. The highest BCUT2D eigenvalue weighted by Crippen LogP contribution is 2.19. The first-order valence-electron chi connectivity index (χ1n) is 6.39. The van der Waals surface area contributed by atoms with E-state index in [2.05, 4.69) is 9.97 Å². The summed E-state index contributed by atoms with van der Waals surface area (Å²) in [5, 5.41) is 10.7. The third kappa shape index (κ3) is 3.31. The zero-order valence-corrected chi connectivity index (χ0v) is 11.1. The van der Waals surface area contributed by atoms with E-state index in [0.717, 1.165) is 5.52 Å². The summed E-state index contributed by atoms with van der Waals surface area (Å²) in [6, 6.07) is 4.50. The topological polar surface area (TPSA) is 98.1 Å². The number of aromatic amines is 1. The number of imidazole rings is 1. The lowest BCUT2D eigenvalue weighted by Gasteiger charge is -1.99. The normalized spacial score (nSPS) is 10.7. The first-order chi connectivity index (χ1) is 9.60. The van der Waals surface area contributed by atoms with Crippen LogP contribution in [0, 0.1) is 10.1 Å². The average Bonchev–Trinajstić information content (AvgIpc) is 2.80. The number of ether oxygens (including phenoxy) is 1. The van der Waals surface area contributed by atoms with E-state index in [-0.39, 0.29) is 11.7 Å². The lowest BCUT2D eigenvalue weighted by atomic mass is 10.2. The smallest absolute Gasteiger partial charge is 0.305 e. The fraction of sp³-hybridized carbons (Fsp3) is 0.385. The van der Waals surface area contributed by atoms with E-state index < -0.39 is 4.92 Å². The second-order valence-electron chi connectivity index (χ2n) is 4.30. The van der Waals surface area contributed by atoms with Crippen LogP contribution < -0.4 is 0 Å². The van der Waals surface area contributed by atoms with Crippen molar-refractivity contribution in [3.63, 3.8) is 0 Å². The van der Waals surface area contributed by atoms with Gasteiger partial charge in [-0.15, -0.1) is 0 Å². The number of nitrogens with zero attached hydrogens (tertiary/aromatic N) is 2. The Morgan fingerprint density at radius 3 is 3.00 bits per heavy atom. The number of nitro groups is 1. The molecule has 1 heterocycles. The van der Waals surface area contributed by atoms with Crippen molar-refractivity contribution < 1.29 is 14.5 Å². The van der Waals surface area contributed by atoms with Gasteiger partial charge < -0.3 is 9.72 Å². The molecule has 0 aliphatic carbocycles. The van der Waals surface area contributed by atoms with Crippen LogP contribution in [0.1, 0.15) is 25.6 Å². The molecule has 0 aliphatic heterocycles. The number of nitrogens with one attached hydrogen (secondary N) is 1. The predicted octanol–water partition coefficient (Wildman–Crippen LogP) is 2.36. The monoisotopic (exact) mass is 277 g/mol. The Bertz CT molecular complexity index is 636. The first kappa shape index (κ1) is 14.0. The van der Waals surface area contributed by atoms with E-state index in [1.165, 1.54) is 12.1 Å². The van der Waals surface area contributed by atoms with Gasteiger partial charge >= 0.3 is 5.97 Å². The summed E-state index contributed by atoms with van der Waals surface area (Å²) in [6.45, 7) is 2.15. The summed E-state index contributed by atoms with van der Waals surface area (Å²) in [7, 11) is 0. The van der Waals surface area contributed by atoms with E-state index in [1.807, 2.05) is 0 Å². The molecule has 0 saturated heterocycles. The highest BCUT2D eigenvalue weighted by molar-refractivity contribution is 5.77. The van der Waals surface area contributed by atoms with Gasteiger partial charge in [-0.3, -0.25) is 14.9 Å². The number of esters is 1. The van der Waals surface area contributed by atoms with Gasteiger partial charge in [0.2, 0.25) is 0 Å². The molecule has 7 heteroatoms. The Morgan fingerprint density at radius 1 is 1.50 bits per heavy atom. The molecule has 0 atom stereocenters. The van der Waals surface area contributed by atoms with E-state index in [1.54, 1.807) is 13.0 Å². The van der Waals surface area contributed by atoms with Gasteiger partial charge in [0, 0.05) is 25.0 Å². The third-order valence-electron chi connectivity index (χ3n) is 2.83. The van der Waals surface area contributed by atoms with E-state index in [4.69, 9.17) is 4.74 Å². The van der Waals surface area contributed by atoms with Gasteiger partial charge in [0.05, 0.1) is 22.6 Å². The van der Waals surface area contributed by atoms with Crippen molar-refractivity contribution in [1.82, 2.24) is 9.97 Å². The number of hydrogen-bond acceptors (Lipinski definition) is 5. The Kier molecular flexibility index (Phi) is 4.29. The summed E-state index contributed by atoms with van der Waals surface area (Å²) in [6.07, 6.45) is 1.56. The number of H-pyrrole nitrogens is 1. The summed E-state index contributed by atoms with van der Waals surface area (Å²) < 4.78 is 4.84. The number of carbonyl (C=O) groups is 1. The molecule has 1 N–H and O–H groups in total. The lowest BCUT2D eigenvalue weighted by molar-refractivity contribution is -0.384. The molecule has 0 saturated carbocycles. The molecule has 0 radical (unpaired) electrons. The standard InChI is InChI=1S/C13H15N3O4/c1-2-20-13(17)5-3-4-12-14-10-7-6-9(16(18)19)8-11(10)15-12/h6-8H,2-5H2,1H3,(H,14,15). The fourth-order valence-corrected chi connectivity index (χ4v) is 1.91. The van der Waals surface area contributed by atoms with Crippen LogP contribution in [-0.2, 0) is 16.0 Å². The maximum Gasteiger partial charge on any atom is 0.305 e. The number of nitro benzene ring substituents is 1. The van der Waals surface area contributed by atoms with Gasteiger partial charge in [-0.25, -0.2) is 4.98 Å². The summed E-state index contributed by atoms with van der Waals surface area (Å²) in [5.41, 5.74) is 1.33. The average molecular weight is 277 g/mol. The van der Waals surface area contributed by atoms with Crippen molar-refractivity contribution in [1.29, 1.82) is 0 Å². The molecular formula is C13H15N3O4. The Hall–Kier alpha value is -2.44. The molecule has 20 heavy (non-hydrogen) atoms. The molecule has 2 rings (SSSR count). The highest BCUT2D eigenvalue weighted by Gasteiger charge is 2.10. The minimum absolute atomic E-state index is 0.0158. The lowest BCUT2D eigenvalue weighted by Crippen LogP contribution is -2.04. The molecule has 106 valence electrons. The predicted molar refractivity (Wildman–Crippen MR) is 72.3 cm³/mol. The van der Waals surface area contributed by atoms with Crippen molar-refractivity contribution >= 4 is 22.7 Å². The Labute approximate surface area is 115 Å². The third-order valence-corrected chi connectivity index (χ3v) is 2.83. The molecule has 7 nitrogen and oxygen atoms in total. The van der Waals surface area contributed by atoms with Crippen LogP contribution in [0.2, 0.25) is 0 Å². The van der Waals surface area contributed by atoms with Gasteiger partial charge in [0.15, 0.2) is 0 Å². The SMILES string of the molecule is CCOC(=O)CCCc1nc2cc([N+](=O)[O-])ccc2[nH]1. The molecule has 0 amide bonds. The minimum atomic E-state index is -0.450. The van der Waals surface area contributed by atoms with Crippen molar-refractivity contribution in [2.75, 3.05) is 6.61 Å². The van der Waals surface area contributed by atoms with E-state index in [0.29, 0.717) is 37.2 Å². The van der Waals surface area contributed by atoms with Crippen molar-refractivity contribution in [3.8, 4) is 0 Å². The van der Waals surface area contributed by atoms with Gasteiger partial charge in [-0.05, 0) is 19.4 Å². The number of aryl methyl sites for hydroxylation is 1. The van der Waals surface area contributed by atoms with E-state index in [9.17, 15) is 14.9 Å². The van der Waals surface area contributed by atoms with Crippen LogP contribution in [0.5, 0.6) is 0 Å². The van der Waals surface area contributed by atoms with Gasteiger partial charge in [0.25, 0.3) is 5.69 Å². The van der Waals surface area contributed by atoms with Crippen molar-refractivity contribution in [3.05, 3.63) is 34.1 Å². The van der Waals surface area contributed by atoms with Crippen LogP contribution in [-0.4, -0.2) is 27.5 Å². The zero-order valence-electron chi connectivity index (χ0n) is 11.1. The zero-order chi connectivity index (χ0) is 14.5. The van der Waals surface area contributed by atoms with Crippen LogP contribution >= 0.6 is 0 Å². The second kappa shape index (κ2) is 6.14. The molecule has 0 fully saturated rings. The highest BCUT2D eigenvalue weighted by atomic mass is 16.6. The number of fused-ring (bicyclic) bond motifs is 1. The minimum Gasteiger partial charge on any atom is -0.466 e. The number of carbonyl (C=O) groups excluding carboxylic acids is 1. The molecule has 0 spiro atoms. The van der Waals surface area contributed by atoms with Gasteiger partial charge in [-0.2, -0.15) is 0 Å². The summed E-state index contributed by atoms with van der Waals surface area (Å²) >= 11 is 0. The summed E-state index contributed by atoms with van der Waals surface area (Å²) in [5.74, 6) is 0.490. The number of aromatic nitrogens is 2. The quantitative estimate of drug-likeness (QED) is 0.496. The van der Waals surface area contributed by atoms with Crippen LogP contribution in [0.4, 0.5) is 5.69 Å². The molecule has 2 aromatic rings. The molecular weight excluding hydrogens is 262 g/mol. The van der Waals surface area contributed by atoms with Crippen molar-refractivity contribution in [2.24, 2.45) is 0 Å². The van der Waals surface area contributed by atoms with Crippen LogP contribution in [0.15, 0.2) is 18.2 Å². The molecule has 0 bridgehead atoms. The fourth-order valence-electron chi connectivity index (χ4n) is 1.91. The van der Waals surface area contributed by atoms with Gasteiger partial charge in [-0.1, -0.05) is 0 Å². The molecule has 0 unspecified atom stereocenters.